The smallest absolute Gasteiger partial charge is 0.0826 e. The number of anilines is 2. The van der Waals surface area contributed by atoms with Crippen LogP contribution in [0.1, 0.15) is 56.1 Å². The van der Waals surface area contributed by atoms with E-state index < -0.39 is 0 Å². The van der Waals surface area contributed by atoms with Crippen LogP contribution in [0.4, 0.5) is 11.4 Å². The minimum absolute atomic E-state index is 0.407. The highest BCUT2D eigenvalue weighted by atomic mass is 16.6. The first kappa shape index (κ1) is 25.2. The average molecular weight is 507 g/mol. The Hall–Kier alpha value is -2.12. The highest BCUT2D eigenvalue weighted by molar-refractivity contribution is 5.52. The van der Waals surface area contributed by atoms with Crippen LogP contribution in [0.3, 0.4) is 0 Å². The number of benzene rings is 2. The fourth-order valence-electron chi connectivity index (χ4n) is 5.38. The molecule has 4 unspecified atom stereocenters. The Morgan fingerprint density at radius 1 is 0.568 bits per heavy atom. The summed E-state index contributed by atoms with van der Waals surface area (Å²) in [6.07, 6.45) is 7.37. The minimum atomic E-state index is 0.407. The molecule has 6 nitrogen and oxygen atoms in total. The van der Waals surface area contributed by atoms with Gasteiger partial charge < -0.3 is 28.7 Å². The van der Waals surface area contributed by atoms with Crippen LogP contribution in [-0.2, 0) is 18.9 Å². The van der Waals surface area contributed by atoms with Crippen LogP contribution in [0.5, 0.6) is 0 Å². The summed E-state index contributed by atoms with van der Waals surface area (Å²) in [4.78, 5) is 5.02. The lowest BCUT2D eigenvalue weighted by molar-refractivity contribution is 0.388. The van der Waals surface area contributed by atoms with Gasteiger partial charge in [0.1, 0.15) is 0 Å². The van der Waals surface area contributed by atoms with E-state index in [9.17, 15) is 0 Å². The SMILES string of the molecule is CCC(c1ccc(N(CCC2CO2)CCC2CO2)cc1)c1ccc(N(CCC2CO2)CCC2CO2)cc1. The Morgan fingerprint density at radius 3 is 1.11 bits per heavy atom. The standard InChI is InChI=1S/C31H42N2O4/c1-2-31(23-3-7-25(8-4-23)32(15-11-27-19-34-27)16-12-28-20-35-28)24-5-9-26(10-6-24)33(17-13-29-21-36-29)18-14-30-22-37-30/h3-10,27-31H,2,11-22H2,1H3. The molecule has 0 aromatic heterocycles. The lowest BCUT2D eigenvalue weighted by Crippen LogP contribution is -2.27. The van der Waals surface area contributed by atoms with Gasteiger partial charge in [0.15, 0.2) is 0 Å². The summed E-state index contributed by atoms with van der Waals surface area (Å²) in [5, 5.41) is 0. The third-order valence-electron chi connectivity index (χ3n) is 8.22. The quantitative estimate of drug-likeness (QED) is 0.282. The molecular formula is C31H42N2O4. The van der Waals surface area contributed by atoms with Crippen LogP contribution >= 0.6 is 0 Å². The van der Waals surface area contributed by atoms with Gasteiger partial charge in [-0.05, 0) is 67.5 Å². The third-order valence-corrected chi connectivity index (χ3v) is 8.22. The van der Waals surface area contributed by atoms with Gasteiger partial charge in [-0.2, -0.15) is 0 Å². The van der Waals surface area contributed by atoms with Crippen LogP contribution in [0, 0.1) is 0 Å². The van der Waals surface area contributed by atoms with Gasteiger partial charge in [-0.25, -0.2) is 0 Å². The molecule has 6 heteroatoms. The van der Waals surface area contributed by atoms with Crippen molar-refractivity contribution < 1.29 is 18.9 Å². The summed E-state index contributed by atoms with van der Waals surface area (Å²) < 4.78 is 21.8. The van der Waals surface area contributed by atoms with E-state index in [-0.39, 0.29) is 0 Å². The molecule has 2 aromatic rings. The molecule has 37 heavy (non-hydrogen) atoms. The van der Waals surface area contributed by atoms with E-state index >= 15 is 0 Å². The topological polar surface area (TPSA) is 56.6 Å². The van der Waals surface area contributed by atoms with Crippen molar-refractivity contribution in [2.24, 2.45) is 0 Å². The first-order valence-corrected chi connectivity index (χ1v) is 14.4. The Kier molecular flexibility index (Phi) is 7.98. The minimum Gasteiger partial charge on any atom is -0.373 e. The van der Waals surface area contributed by atoms with E-state index in [1.165, 1.54) is 22.5 Å². The van der Waals surface area contributed by atoms with Crippen LogP contribution in [0.25, 0.3) is 0 Å². The summed E-state index contributed by atoms with van der Waals surface area (Å²) in [6, 6.07) is 18.6. The van der Waals surface area contributed by atoms with Crippen molar-refractivity contribution in [1.82, 2.24) is 0 Å². The molecule has 4 fully saturated rings. The van der Waals surface area contributed by atoms with E-state index in [0.717, 1.165) is 84.7 Å². The Morgan fingerprint density at radius 2 is 0.865 bits per heavy atom. The van der Waals surface area contributed by atoms with E-state index in [0.29, 0.717) is 30.3 Å². The third kappa shape index (κ3) is 7.47. The number of hydrogen-bond donors (Lipinski definition) is 0. The maximum Gasteiger partial charge on any atom is 0.0826 e. The molecule has 0 bridgehead atoms. The average Bonchev–Trinajstić information content (AvgIpc) is 3.76. The first-order chi connectivity index (χ1) is 18.2. The number of hydrogen-bond acceptors (Lipinski definition) is 6. The van der Waals surface area contributed by atoms with Gasteiger partial charge in [-0.1, -0.05) is 31.2 Å². The van der Waals surface area contributed by atoms with Crippen molar-refractivity contribution in [3.8, 4) is 0 Å². The molecule has 4 saturated heterocycles. The summed E-state index contributed by atoms with van der Waals surface area (Å²) in [5.74, 6) is 0.407. The van der Waals surface area contributed by atoms with Crippen LogP contribution in [0.2, 0.25) is 0 Å². The molecule has 4 aliphatic rings. The molecular weight excluding hydrogens is 464 g/mol. The molecule has 0 spiro atoms. The Bertz CT molecular complexity index is 870. The first-order valence-electron chi connectivity index (χ1n) is 14.4. The van der Waals surface area contributed by atoms with Crippen molar-refractivity contribution >= 4 is 11.4 Å². The van der Waals surface area contributed by atoms with E-state index in [4.69, 9.17) is 18.9 Å². The van der Waals surface area contributed by atoms with Crippen LogP contribution in [0.15, 0.2) is 48.5 Å². The van der Waals surface area contributed by atoms with Gasteiger partial charge in [0.2, 0.25) is 0 Å². The lowest BCUT2D eigenvalue weighted by atomic mass is 9.89. The van der Waals surface area contributed by atoms with Crippen LogP contribution in [-0.4, -0.2) is 77.0 Å². The van der Waals surface area contributed by atoms with E-state index in [1.54, 1.807) is 0 Å². The molecule has 0 amide bonds. The zero-order chi connectivity index (χ0) is 25.0. The zero-order valence-electron chi connectivity index (χ0n) is 22.2. The van der Waals surface area contributed by atoms with Gasteiger partial charge in [-0.15, -0.1) is 0 Å². The Labute approximate surface area is 221 Å². The maximum atomic E-state index is 5.46. The van der Waals surface area contributed by atoms with Gasteiger partial charge >= 0.3 is 0 Å². The molecule has 0 N–H and O–H groups in total. The lowest BCUT2D eigenvalue weighted by Gasteiger charge is -2.26. The van der Waals surface area contributed by atoms with Crippen molar-refractivity contribution in [2.75, 3.05) is 62.4 Å². The second-order valence-electron chi connectivity index (χ2n) is 11.1. The van der Waals surface area contributed by atoms with Gasteiger partial charge in [0, 0.05) is 43.5 Å². The van der Waals surface area contributed by atoms with E-state index in [1.807, 2.05) is 0 Å². The number of ether oxygens (including phenoxy) is 4. The molecule has 0 aliphatic carbocycles. The second-order valence-corrected chi connectivity index (χ2v) is 11.1. The van der Waals surface area contributed by atoms with Crippen molar-refractivity contribution in [1.29, 1.82) is 0 Å². The van der Waals surface area contributed by atoms with Crippen LogP contribution < -0.4 is 9.80 Å². The van der Waals surface area contributed by atoms with Crippen molar-refractivity contribution in [3.63, 3.8) is 0 Å². The number of rotatable bonds is 17. The maximum absolute atomic E-state index is 5.46. The van der Waals surface area contributed by atoms with Crippen molar-refractivity contribution in [2.45, 2.75) is 69.4 Å². The molecule has 4 aliphatic heterocycles. The second kappa shape index (κ2) is 11.7. The predicted octanol–water partition coefficient (Wildman–Crippen LogP) is 5.00. The fraction of sp³-hybridized carbons (Fsp3) is 0.613. The molecule has 6 rings (SSSR count). The normalized spacial score (nSPS) is 26.0. The zero-order valence-corrected chi connectivity index (χ0v) is 22.2. The molecule has 200 valence electrons. The van der Waals surface area contributed by atoms with E-state index in [2.05, 4.69) is 65.3 Å². The number of epoxide rings is 4. The highest BCUT2D eigenvalue weighted by Gasteiger charge is 2.27. The molecule has 0 saturated carbocycles. The predicted molar refractivity (Wildman–Crippen MR) is 147 cm³/mol. The van der Waals surface area contributed by atoms with Gasteiger partial charge in [-0.3, -0.25) is 0 Å². The molecule has 2 aromatic carbocycles. The monoisotopic (exact) mass is 506 g/mol. The highest BCUT2D eigenvalue weighted by Crippen LogP contribution is 2.32. The summed E-state index contributed by atoms with van der Waals surface area (Å²) in [5.41, 5.74) is 5.41. The summed E-state index contributed by atoms with van der Waals surface area (Å²) >= 11 is 0. The van der Waals surface area contributed by atoms with Gasteiger partial charge in [0.05, 0.1) is 50.8 Å². The molecule has 4 atom stereocenters. The van der Waals surface area contributed by atoms with Gasteiger partial charge in [0.25, 0.3) is 0 Å². The largest absolute Gasteiger partial charge is 0.373 e. The Balaban J connectivity index is 1.10. The summed E-state index contributed by atoms with van der Waals surface area (Å²) in [6.45, 7) is 10.2. The van der Waals surface area contributed by atoms with Crippen molar-refractivity contribution in [3.05, 3.63) is 59.7 Å². The molecule has 0 radical (unpaired) electrons. The molecule has 4 heterocycles. The number of nitrogens with zero attached hydrogens (tertiary/aromatic N) is 2. The fourth-order valence-corrected chi connectivity index (χ4v) is 5.38. The summed E-state index contributed by atoms with van der Waals surface area (Å²) in [7, 11) is 0.